The Labute approximate surface area is 169 Å². The van der Waals surface area contributed by atoms with Crippen LogP contribution in [0.2, 0.25) is 0 Å². The standard InChI is InChI=1S/C20H30N4O3S/c1-5-16-12-23(9-8-22(16)10-11-27-4)17(25)6-7-24-13-21-19-18(20(24)26)14(2)15(3)28-19/h13,16H,5-12H2,1-4H3. The maximum absolute atomic E-state index is 12.8. The van der Waals surface area contributed by atoms with Crippen LogP contribution < -0.4 is 5.56 Å². The van der Waals surface area contributed by atoms with Crippen LogP contribution in [0.3, 0.4) is 0 Å². The molecule has 3 rings (SSSR count). The van der Waals surface area contributed by atoms with Crippen LogP contribution in [0.1, 0.15) is 30.2 Å². The quantitative estimate of drug-likeness (QED) is 0.704. The van der Waals surface area contributed by atoms with Crippen molar-refractivity contribution in [2.75, 3.05) is 39.9 Å². The third-order valence-electron chi connectivity index (χ3n) is 5.73. The first-order valence-electron chi connectivity index (χ1n) is 9.92. The Bertz CT molecular complexity index is 891. The molecule has 8 heteroatoms. The average Bonchev–Trinajstić information content (AvgIpc) is 3.00. The number of methoxy groups -OCH3 is 1. The number of aromatic nitrogens is 2. The number of piperazine rings is 1. The van der Waals surface area contributed by atoms with Crippen molar-refractivity contribution >= 4 is 27.5 Å². The maximum Gasteiger partial charge on any atom is 0.262 e. The number of hydrogen-bond acceptors (Lipinski definition) is 6. The summed E-state index contributed by atoms with van der Waals surface area (Å²) >= 11 is 1.54. The van der Waals surface area contributed by atoms with Crippen LogP contribution in [0.15, 0.2) is 11.1 Å². The van der Waals surface area contributed by atoms with E-state index in [4.69, 9.17) is 4.74 Å². The van der Waals surface area contributed by atoms with Gasteiger partial charge in [-0.15, -0.1) is 11.3 Å². The molecule has 1 unspecified atom stereocenters. The van der Waals surface area contributed by atoms with Crippen LogP contribution in [-0.2, 0) is 16.1 Å². The molecule has 0 radical (unpaired) electrons. The number of amides is 1. The highest BCUT2D eigenvalue weighted by molar-refractivity contribution is 7.18. The van der Waals surface area contributed by atoms with E-state index in [1.807, 2.05) is 18.7 Å². The lowest BCUT2D eigenvalue weighted by Crippen LogP contribution is -2.55. The fourth-order valence-corrected chi connectivity index (χ4v) is 4.80. The highest BCUT2D eigenvalue weighted by Crippen LogP contribution is 2.25. The van der Waals surface area contributed by atoms with Crippen LogP contribution in [0.5, 0.6) is 0 Å². The summed E-state index contributed by atoms with van der Waals surface area (Å²) in [5, 5.41) is 0.690. The molecule has 0 saturated carbocycles. The Morgan fingerprint density at radius 1 is 1.32 bits per heavy atom. The van der Waals surface area contributed by atoms with Crippen LogP contribution in [0.4, 0.5) is 0 Å². The third kappa shape index (κ3) is 4.29. The minimum atomic E-state index is -0.0459. The second kappa shape index (κ2) is 9.15. The van der Waals surface area contributed by atoms with Gasteiger partial charge in [0.25, 0.3) is 5.56 Å². The molecule has 28 heavy (non-hydrogen) atoms. The molecule has 7 nitrogen and oxygen atoms in total. The summed E-state index contributed by atoms with van der Waals surface area (Å²) in [5.74, 6) is 0.107. The Morgan fingerprint density at radius 2 is 2.11 bits per heavy atom. The number of nitrogens with zero attached hydrogens (tertiary/aromatic N) is 4. The molecule has 1 aliphatic rings. The first kappa shape index (κ1) is 21.0. The third-order valence-corrected chi connectivity index (χ3v) is 6.85. The van der Waals surface area contributed by atoms with Crippen LogP contribution in [0.25, 0.3) is 10.2 Å². The normalized spacial score (nSPS) is 18.1. The van der Waals surface area contributed by atoms with Crippen molar-refractivity contribution < 1.29 is 9.53 Å². The second-order valence-corrected chi connectivity index (χ2v) is 8.59. The van der Waals surface area contributed by atoms with E-state index in [1.54, 1.807) is 29.3 Å². The molecule has 1 amide bonds. The Balaban J connectivity index is 1.63. The monoisotopic (exact) mass is 406 g/mol. The van der Waals surface area contributed by atoms with Crippen molar-refractivity contribution in [3.05, 3.63) is 27.1 Å². The van der Waals surface area contributed by atoms with Gasteiger partial charge in [-0.1, -0.05) is 6.92 Å². The molecule has 0 bridgehead atoms. The molecular weight excluding hydrogens is 376 g/mol. The average molecular weight is 407 g/mol. The molecule has 0 aromatic carbocycles. The van der Waals surface area contributed by atoms with Crippen LogP contribution in [-0.4, -0.2) is 71.2 Å². The molecule has 1 fully saturated rings. The van der Waals surface area contributed by atoms with Crippen molar-refractivity contribution in [2.24, 2.45) is 0 Å². The minimum absolute atomic E-state index is 0.0459. The number of fused-ring (bicyclic) bond motifs is 1. The first-order chi connectivity index (χ1) is 13.5. The molecule has 3 heterocycles. The van der Waals surface area contributed by atoms with E-state index in [9.17, 15) is 9.59 Å². The van der Waals surface area contributed by atoms with E-state index >= 15 is 0 Å². The van der Waals surface area contributed by atoms with Gasteiger partial charge in [0, 0.05) is 57.2 Å². The lowest BCUT2D eigenvalue weighted by molar-refractivity contribution is -0.134. The van der Waals surface area contributed by atoms with Gasteiger partial charge in [-0.3, -0.25) is 19.1 Å². The molecular formula is C20H30N4O3S. The first-order valence-corrected chi connectivity index (χ1v) is 10.7. The summed E-state index contributed by atoms with van der Waals surface area (Å²) in [6.45, 7) is 10.4. The molecule has 2 aromatic heterocycles. The number of carbonyl (C=O) groups excluding carboxylic acids is 1. The molecule has 1 atom stereocenters. The highest BCUT2D eigenvalue weighted by atomic mass is 32.1. The lowest BCUT2D eigenvalue weighted by Gasteiger charge is -2.41. The highest BCUT2D eigenvalue weighted by Gasteiger charge is 2.28. The van der Waals surface area contributed by atoms with Crippen LogP contribution >= 0.6 is 11.3 Å². The second-order valence-electron chi connectivity index (χ2n) is 7.39. The number of hydrogen-bond donors (Lipinski definition) is 0. The van der Waals surface area contributed by atoms with E-state index in [0.29, 0.717) is 31.0 Å². The largest absolute Gasteiger partial charge is 0.383 e. The summed E-state index contributed by atoms with van der Waals surface area (Å²) in [7, 11) is 1.72. The molecule has 154 valence electrons. The van der Waals surface area contributed by atoms with Gasteiger partial charge in [0.15, 0.2) is 0 Å². The zero-order chi connectivity index (χ0) is 20.3. The summed E-state index contributed by atoms with van der Waals surface area (Å²) in [5.41, 5.74) is 0.951. The Kier molecular flexibility index (Phi) is 6.85. The lowest BCUT2D eigenvalue weighted by atomic mass is 10.1. The predicted octanol–water partition coefficient (Wildman–Crippen LogP) is 2.03. The Hall–Kier alpha value is -1.77. The van der Waals surface area contributed by atoms with Gasteiger partial charge in [0.2, 0.25) is 5.91 Å². The van der Waals surface area contributed by atoms with Crippen LogP contribution in [0, 0.1) is 13.8 Å². The smallest absolute Gasteiger partial charge is 0.262 e. The summed E-state index contributed by atoms with van der Waals surface area (Å²) in [6.07, 6.45) is 2.90. The predicted molar refractivity (Wildman–Crippen MR) is 112 cm³/mol. The molecule has 0 spiro atoms. The summed E-state index contributed by atoms with van der Waals surface area (Å²) in [6, 6.07) is 0.366. The summed E-state index contributed by atoms with van der Waals surface area (Å²) in [4.78, 5) is 36.2. The van der Waals surface area contributed by atoms with Gasteiger partial charge >= 0.3 is 0 Å². The molecule has 0 aliphatic carbocycles. The van der Waals surface area contributed by atoms with Gasteiger partial charge in [-0.25, -0.2) is 4.98 Å². The fraction of sp³-hybridized carbons (Fsp3) is 0.650. The van der Waals surface area contributed by atoms with E-state index in [2.05, 4.69) is 16.8 Å². The van der Waals surface area contributed by atoms with Gasteiger partial charge in [-0.2, -0.15) is 0 Å². The van der Waals surface area contributed by atoms with Crippen molar-refractivity contribution in [3.63, 3.8) is 0 Å². The molecule has 1 aliphatic heterocycles. The topological polar surface area (TPSA) is 67.7 Å². The van der Waals surface area contributed by atoms with E-state index in [0.717, 1.165) is 47.9 Å². The zero-order valence-corrected chi connectivity index (χ0v) is 18.0. The fourth-order valence-electron chi connectivity index (χ4n) is 3.81. The number of thiophene rings is 1. The Morgan fingerprint density at radius 3 is 2.82 bits per heavy atom. The van der Waals surface area contributed by atoms with Crippen molar-refractivity contribution in [3.8, 4) is 0 Å². The molecule has 1 saturated heterocycles. The van der Waals surface area contributed by atoms with Gasteiger partial charge in [0.05, 0.1) is 18.3 Å². The number of carbonyl (C=O) groups is 1. The molecule has 0 N–H and O–H groups in total. The van der Waals surface area contributed by atoms with Gasteiger partial charge in [0.1, 0.15) is 4.83 Å². The van der Waals surface area contributed by atoms with Gasteiger partial charge < -0.3 is 9.64 Å². The zero-order valence-electron chi connectivity index (χ0n) is 17.2. The van der Waals surface area contributed by atoms with E-state index in [-0.39, 0.29) is 11.5 Å². The maximum atomic E-state index is 12.8. The summed E-state index contributed by atoms with van der Waals surface area (Å²) < 4.78 is 6.77. The van der Waals surface area contributed by atoms with E-state index in [1.165, 1.54) is 0 Å². The van der Waals surface area contributed by atoms with Crippen molar-refractivity contribution in [1.82, 2.24) is 19.4 Å². The van der Waals surface area contributed by atoms with Crippen molar-refractivity contribution in [1.29, 1.82) is 0 Å². The SMILES string of the molecule is CCC1CN(C(=O)CCn2cnc3sc(C)c(C)c3c2=O)CCN1CCOC. The van der Waals surface area contributed by atoms with Gasteiger partial charge in [-0.05, 0) is 25.8 Å². The van der Waals surface area contributed by atoms with Crippen molar-refractivity contribution in [2.45, 2.75) is 46.2 Å². The molecule has 2 aromatic rings. The number of rotatable bonds is 7. The number of aryl methyl sites for hydroxylation is 3. The van der Waals surface area contributed by atoms with E-state index < -0.39 is 0 Å². The number of ether oxygens (including phenoxy) is 1. The minimum Gasteiger partial charge on any atom is -0.383 e.